The van der Waals surface area contributed by atoms with Crippen LogP contribution in [-0.2, 0) is 4.79 Å². The second-order valence-electron chi connectivity index (χ2n) is 4.52. The van der Waals surface area contributed by atoms with E-state index in [2.05, 4.69) is 0 Å². The van der Waals surface area contributed by atoms with Crippen molar-refractivity contribution in [3.8, 4) is 5.75 Å². The highest BCUT2D eigenvalue weighted by Crippen LogP contribution is 2.22. The van der Waals surface area contributed by atoms with Gasteiger partial charge in [-0.05, 0) is 36.2 Å². The van der Waals surface area contributed by atoms with Gasteiger partial charge < -0.3 is 9.84 Å². The molecule has 0 amide bonds. The van der Waals surface area contributed by atoms with E-state index in [-0.39, 0.29) is 12.4 Å². The van der Waals surface area contributed by atoms with Gasteiger partial charge in [0.1, 0.15) is 24.1 Å². The predicted molar refractivity (Wildman–Crippen MR) is 73.5 cm³/mol. The number of benzene rings is 2. The molecule has 0 aliphatic rings. The fourth-order valence-corrected chi connectivity index (χ4v) is 1.94. The van der Waals surface area contributed by atoms with Crippen molar-refractivity contribution in [2.24, 2.45) is 0 Å². The lowest BCUT2D eigenvalue weighted by Crippen LogP contribution is -2.19. The van der Waals surface area contributed by atoms with Crippen LogP contribution in [0.25, 0.3) is 0 Å². The summed E-state index contributed by atoms with van der Waals surface area (Å²) in [6, 6.07) is 13.1. The summed E-state index contributed by atoms with van der Waals surface area (Å²) in [5.41, 5.74) is 1.32. The number of aliphatic carboxylic acids is 1. The minimum Gasteiger partial charge on any atom is -0.492 e. The molecule has 1 unspecified atom stereocenters. The fourth-order valence-electron chi connectivity index (χ4n) is 1.94. The summed E-state index contributed by atoms with van der Waals surface area (Å²) >= 11 is 0. The van der Waals surface area contributed by atoms with Crippen LogP contribution in [-0.4, -0.2) is 17.7 Å². The van der Waals surface area contributed by atoms with Crippen LogP contribution in [0.1, 0.15) is 17.0 Å². The first-order chi connectivity index (χ1) is 9.58. The Morgan fingerprint density at radius 1 is 1.25 bits per heavy atom. The van der Waals surface area contributed by atoms with Crippen LogP contribution in [0.2, 0.25) is 0 Å². The standard InChI is InChI=1S/C16H15FO3/c1-11-9-13(17)7-8-15(11)20-10-14(16(18)19)12-5-3-2-4-6-12/h2-9,14H,10H2,1H3,(H,18,19). The molecule has 0 aliphatic carbocycles. The molecular weight excluding hydrogens is 259 g/mol. The fraction of sp³-hybridized carbons (Fsp3) is 0.188. The third-order valence-corrected chi connectivity index (χ3v) is 3.04. The van der Waals surface area contributed by atoms with E-state index in [1.165, 1.54) is 18.2 Å². The zero-order valence-corrected chi connectivity index (χ0v) is 11.0. The Hall–Kier alpha value is -2.36. The third-order valence-electron chi connectivity index (χ3n) is 3.04. The number of rotatable bonds is 5. The molecule has 1 N–H and O–H groups in total. The van der Waals surface area contributed by atoms with E-state index in [9.17, 15) is 14.3 Å². The summed E-state index contributed by atoms with van der Waals surface area (Å²) in [5.74, 6) is -1.54. The van der Waals surface area contributed by atoms with Crippen molar-refractivity contribution in [2.45, 2.75) is 12.8 Å². The lowest BCUT2D eigenvalue weighted by molar-refractivity contribution is -0.139. The Kier molecular flexibility index (Phi) is 4.35. The monoisotopic (exact) mass is 274 g/mol. The van der Waals surface area contributed by atoms with Gasteiger partial charge in [0.25, 0.3) is 0 Å². The predicted octanol–water partition coefficient (Wildman–Crippen LogP) is 3.38. The molecule has 0 aromatic heterocycles. The second kappa shape index (κ2) is 6.19. The topological polar surface area (TPSA) is 46.5 Å². The van der Waals surface area contributed by atoms with E-state index in [0.717, 1.165) is 0 Å². The summed E-state index contributed by atoms with van der Waals surface area (Å²) in [6.45, 7) is 1.72. The number of aryl methyl sites for hydroxylation is 1. The van der Waals surface area contributed by atoms with Crippen molar-refractivity contribution in [1.29, 1.82) is 0 Å². The van der Waals surface area contributed by atoms with Crippen LogP contribution in [0, 0.1) is 12.7 Å². The van der Waals surface area contributed by atoms with Crippen molar-refractivity contribution >= 4 is 5.97 Å². The highest BCUT2D eigenvalue weighted by atomic mass is 19.1. The van der Waals surface area contributed by atoms with Gasteiger partial charge in [-0.15, -0.1) is 0 Å². The number of hydrogen-bond donors (Lipinski definition) is 1. The maximum absolute atomic E-state index is 13.0. The average molecular weight is 274 g/mol. The first-order valence-corrected chi connectivity index (χ1v) is 6.24. The minimum atomic E-state index is -0.948. The Morgan fingerprint density at radius 3 is 2.55 bits per heavy atom. The molecule has 1 atom stereocenters. The molecule has 0 fully saturated rings. The average Bonchev–Trinajstić information content (AvgIpc) is 2.42. The quantitative estimate of drug-likeness (QED) is 0.909. The van der Waals surface area contributed by atoms with Crippen LogP contribution in [0.15, 0.2) is 48.5 Å². The summed E-state index contributed by atoms with van der Waals surface area (Å²) in [5, 5.41) is 9.28. The first kappa shape index (κ1) is 14.1. The molecular formula is C16H15FO3. The largest absolute Gasteiger partial charge is 0.492 e. The summed E-state index contributed by atoms with van der Waals surface area (Å²) in [6.07, 6.45) is 0. The molecule has 2 rings (SSSR count). The van der Waals surface area contributed by atoms with Gasteiger partial charge in [0.2, 0.25) is 0 Å². The van der Waals surface area contributed by atoms with Gasteiger partial charge in [-0.1, -0.05) is 30.3 Å². The molecule has 0 heterocycles. The highest BCUT2D eigenvalue weighted by molar-refractivity contribution is 5.76. The summed E-state index contributed by atoms with van der Waals surface area (Å²) < 4.78 is 18.5. The third kappa shape index (κ3) is 3.35. The lowest BCUT2D eigenvalue weighted by atomic mass is 10.0. The molecule has 2 aromatic rings. The minimum absolute atomic E-state index is 0.00577. The van der Waals surface area contributed by atoms with Gasteiger partial charge in [0.05, 0.1) is 0 Å². The van der Waals surface area contributed by atoms with Crippen molar-refractivity contribution < 1.29 is 19.0 Å². The first-order valence-electron chi connectivity index (χ1n) is 6.24. The molecule has 0 spiro atoms. The smallest absolute Gasteiger partial charge is 0.314 e. The summed E-state index contributed by atoms with van der Waals surface area (Å²) in [7, 11) is 0. The zero-order valence-electron chi connectivity index (χ0n) is 11.0. The molecule has 0 radical (unpaired) electrons. The van der Waals surface area contributed by atoms with Crippen molar-refractivity contribution in [2.75, 3.05) is 6.61 Å². The molecule has 3 nitrogen and oxygen atoms in total. The van der Waals surface area contributed by atoms with Crippen LogP contribution in [0.5, 0.6) is 5.75 Å². The molecule has 20 heavy (non-hydrogen) atoms. The van der Waals surface area contributed by atoms with E-state index < -0.39 is 11.9 Å². The summed E-state index contributed by atoms with van der Waals surface area (Å²) in [4.78, 5) is 11.3. The molecule has 4 heteroatoms. The number of halogens is 1. The Morgan fingerprint density at radius 2 is 1.95 bits per heavy atom. The van der Waals surface area contributed by atoms with E-state index in [4.69, 9.17) is 4.74 Å². The Labute approximate surface area is 116 Å². The number of carboxylic acids is 1. The van der Waals surface area contributed by atoms with Gasteiger partial charge in [-0.3, -0.25) is 4.79 Å². The van der Waals surface area contributed by atoms with Crippen molar-refractivity contribution in [3.63, 3.8) is 0 Å². The lowest BCUT2D eigenvalue weighted by Gasteiger charge is -2.15. The van der Waals surface area contributed by atoms with E-state index in [0.29, 0.717) is 16.9 Å². The number of carboxylic acid groups (broad SMARTS) is 1. The van der Waals surface area contributed by atoms with Gasteiger partial charge in [0, 0.05) is 0 Å². The molecule has 0 bridgehead atoms. The van der Waals surface area contributed by atoms with E-state index in [1.807, 2.05) is 6.07 Å². The Balaban J connectivity index is 2.12. The van der Waals surface area contributed by atoms with Gasteiger partial charge in [0.15, 0.2) is 0 Å². The molecule has 0 saturated heterocycles. The van der Waals surface area contributed by atoms with E-state index in [1.54, 1.807) is 31.2 Å². The van der Waals surface area contributed by atoms with Crippen molar-refractivity contribution in [1.82, 2.24) is 0 Å². The van der Waals surface area contributed by atoms with Crippen LogP contribution >= 0.6 is 0 Å². The number of hydrogen-bond acceptors (Lipinski definition) is 2. The van der Waals surface area contributed by atoms with E-state index >= 15 is 0 Å². The molecule has 2 aromatic carbocycles. The molecule has 104 valence electrons. The Bertz CT molecular complexity index is 596. The second-order valence-corrected chi connectivity index (χ2v) is 4.52. The van der Waals surface area contributed by atoms with Gasteiger partial charge >= 0.3 is 5.97 Å². The van der Waals surface area contributed by atoms with Gasteiger partial charge in [-0.25, -0.2) is 4.39 Å². The highest BCUT2D eigenvalue weighted by Gasteiger charge is 2.20. The normalized spacial score (nSPS) is 11.9. The van der Waals surface area contributed by atoms with Crippen LogP contribution in [0.3, 0.4) is 0 Å². The molecule has 0 saturated carbocycles. The zero-order chi connectivity index (χ0) is 14.5. The van der Waals surface area contributed by atoms with Crippen LogP contribution < -0.4 is 4.74 Å². The number of ether oxygens (including phenoxy) is 1. The van der Waals surface area contributed by atoms with Gasteiger partial charge in [-0.2, -0.15) is 0 Å². The SMILES string of the molecule is Cc1cc(F)ccc1OCC(C(=O)O)c1ccccc1. The maximum atomic E-state index is 13.0. The van der Waals surface area contributed by atoms with Crippen molar-refractivity contribution in [3.05, 3.63) is 65.5 Å². The maximum Gasteiger partial charge on any atom is 0.314 e. The van der Waals surface area contributed by atoms with Crippen LogP contribution in [0.4, 0.5) is 4.39 Å². The molecule has 0 aliphatic heterocycles. The number of carbonyl (C=O) groups is 1.